The maximum absolute atomic E-state index is 10.7. The second-order valence-corrected chi connectivity index (χ2v) is 4.94. The lowest BCUT2D eigenvalue weighted by Gasteiger charge is -2.16. The molecule has 0 aliphatic carbocycles. The van der Waals surface area contributed by atoms with Gasteiger partial charge in [0.15, 0.2) is 5.12 Å². The molecule has 1 rings (SSSR count). The molecular formula is C10H13N3O5S. The van der Waals surface area contributed by atoms with Crippen LogP contribution in [0.2, 0.25) is 0 Å². The summed E-state index contributed by atoms with van der Waals surface area (Å²) in [6.07, 6.45) is -1.47. The molecule has 104 valence electrons. The Morgan fingerprint density at radius 1 is 1.63 bits per heavy atom. The molecule has 0 bridgehead atoms. The quantitative estimate of drug-likeness (QED) is 0.517. The number of pyridine rings is 1. The second-order valence-electron chi connectivity index (χ2n) is 3.74. The van der Waals surface area contributed by atoms with Gasteiger partial charge in [0.05, 0.1) is 11.0 Å². The van der Waals surface area contributed by atoms with Gasteiger partial charge in [-0.1, -0.05) is 11.8 Å². The van der Waals surface area contributed by atoms with Crippen LogP contribution in [-0.2, 0) is 4.79 Å². The SMILES string of the molecule is CC(=O)SCC(O)C(O)c1cnc(N)c([N+](=O)[O-])c1. The van der Waals surface area contributed by atoms with Gasteiger partial charge >= 0.3 is 5.69 Å². The van der Waals surface area contributed by atoms with Crippen molar-refractivity contribution in [3.63, 3.8) is 0 Å². The van der Waals surface area contributed by atoms with Gasteiger partial charge in [0.1, 0.15) is 6.10 Å². The highest BCUT2D eigenvalue weighted by Gasteiger charge is 2.23. The van der Waals surface area contributed by atoms with Crippen LogP contribution in [0, 0.1) is 10.1 Å². The molecule has 0 saturated heterocycles. The molecule has 0 saturated carbocycles. The van der Waals surface area contributed by atoms with Crippen molar-refractivity contribution in [2.45, 2.75) is 19.1 Å². The summed E-state index contributed by atoms with van der Waals surface area (Å²) in [4.78, 5) is 24.3. The number of thioether (sulfide) groups is 1. The van der Waals surface area contributed by atoms with Gasteiger partial charge in [0.2, 0.25) is 5.82 Å². The number of nitrogens with zero attached hydrogens (tertiary/aromatic N) is 2. The Hall–Kier alpha value is -1.71. The number of nitrogens with two attached hydrogens (primary N) is 1. The summed E-state index contributed by atoms with van der Waals surface area (Å²) in [7, 11) is 0. The van der Waals surface area contributed by atoms with Crippen LogP contribution >= 0.6 is 11.8 Å². The predicted molar refractivity (Wildman–Crippen MR) is 69.4 cm³/mol. The molecule has 0 amide bonds. The third-order valence-corrected chi connectivity index (χ3v) is 3.19. The summed E-state index contributed by atoms with van der Waals surface area (Å²) in [6, 6.07) is 1.05. The highest BCUT2D eigenvalue weighted by molar-refractivity contribution is 8.13. The number of aliphatic hydroxyl groups excluding tert-OH is 2. The van der Waals surface area contributed by atoms with Crippen LogP contribution in [0.4, 0.5) is 11.5 Å². The van der Waals surface area contributed by atoms with E-state index in [9.17, 15) is 25.1 Å². The van der Waals surface area contributed by atoms with E-state index in [1.54, 1.807) is 0 Å². The first-order valence-electron chi connectivity index (χ1n) is 5.22. The van der Waals surface area contributed by atoms with Gasteiger partial charge < -0.3 is 15.9 Å². The molecule has 1 aromatic rings. The molecule has 9 heteroatoms. The molecule has 1 heterocycles. The van der Waals surface area contributed by atoms with Crippen molar-refractivity contribution < 1.29 is 19.9 Å². The molecule has 0 spiro atoms. The van der Waals surface area contributed by atoms with Gasteiger partial charge in [-0.2, -0.15) is 0 Å². The summed E-state index contributed by atoms with van der Waals surface area (Å²) in [5, 5.41) is 30.0. The van der Waals surface area contributed by atoms with E-state index in [4.69, 9.17) is 5.73 Å². The van der Waals surface area contributed by atoms with Crippen LogP contribution in [0.15, 0.2) is 12.3 Å². The average molecular weight is 287 g/mol. The molecule has 0 radical (unpaired) electrons. The standard InChI is InChI=1S/C10H13N3O5S/c1-5(14)19-4-8(15)9(16)6-2-7(13(17)18)10(11)12-3-6/h2-3,8-9,15-16H,4H2,1H3,(H2,11,12). The second kappa shape index (κ2) is 6.45. The molecule has 1 aromatic heterocycles. The van der Waals surface area contributed by atoms with Crippen molar-refractivity contribution in [3.8, 4) is 0 Å². The molecular weight excluding hydrogens is 274 g/mol. The Bertz CT molecular complexity index is 496. The monoisotopic (exact) mass is 287 g/mol. The number of anilines is 1. The lowest BCUT2D eigenvalue weighted by Crippen LogP contribution is -2.21. The first-order chi connectivity index (χ1) is 8.82. The normalized spacial score (nSPS) is 13.8. The van der Waals surface area contributed by atoms with Crippen LogP contribution < -0.4 is 5.73 Å². The van der Waals surface area contributed by atoms with Gasteiger partial charge in [0, 0.05) is 30.5 Å². The molecule has 8 nitrogen and oxygen atoms in total. The van der Waals surface area contributed by atoms with Gasteiger partial charge in [-0.05, 0) is 0 Å². The van der Waals surface area contributed by atoms with E-state index in [0.29, 0.717) is 0 Å². The topological polar surface area (TPSA) is 140 Å². The summed E-state index contributed by atoms with van der Waals surface area (Å²) >= 11 is 0.848. The van der Waals surface area contributed by atoms with E-state index in [-0.39, 0.29) is 22.2 Å². The van der Waals surface area contributed by atoms with E-state index in [1.165, 1.54) is 6.92 Å². The zero-order valence-corrected chi connectivity index (χ0v) is 10.8. The van der Waals surface area contributed by atoms with Crippen molar-refractivity contribution in [3.05, 3.63) is 27.9 Å². The smallest absolute Gasteiger partial charge is 0.311 e. The van der Waals surface area contributed by atoms with Gasteiger partial charge in [-0.3, -0.25) is 14.9 Å². The van der Waals surface area contributed by atoms with Crippen molar-refractivity contribution in [2.24, 2.45) is 0 Å². The van der Waals surface area contributed by atoms with Crippen molar-refractivity contribution in [2.75, 3.05) is 11.5 Å². The summed E-state index contributed by atoms with van der Waals surface area (Å²) in [5.74, 6) is -0.289. The average Bonchev–Trinajstić information content (AvgIpc) is 2.35. The number of hydrogen-bond donors (Lipinski definition) is 3. The van der Waals surface area contributed by atoms with Gasteiger partial charge in [-0.15, -0.1) is 0 Å². The fourth-order valence-electron chi connectivity index (χ4n) is 1.30. The molecule has 4 N–H and O–H groups in total. The van der Waals surface area contributed by atoms with E-state index in [2.05, 4.69) is 4.98 Å². The molecule has 2 atom stereocenters. The minimum absolute atomic E-state index is 0.0192. The summed E-state index contributed by atoms with van der Waals surface area (Å²) in [5.41, 5.74) is 4.94. The molecule has 0 fully saturated rings. The van der Waals surface area contributed by atoms with E-state index < -0.39 is 22.8 Å². The van der Waals surface area contributed by atoms with Crippen LogP contribution in [-0.4, -0.2) is 37.1 Å². The number of rotatable bonds is 5. The fraction of sp³-hybridized carbons (Fsp3) is 0.400. The fourth-order valence-corrected chi connectivity index (χ4v) is 1.89. The van der Waals surface area contributed by atoms with Crippen LogP contribution in [0.5, 0.6) is 0 Å². The highest BCUT2D eigenvalue weighted by Crippen LogP contribution is 2.26. The molecule has 0 aliphatic rings. The number of nitro groups is 1. The van der Waals surface area contributed by atoms with Gasteiger partial charge in [0.25, 0.3) is 0 Å². The summed E-state index contributed by atoms with van der Waals surface area (Å²) < 4.78 is 0. The number of aromatic nitrogens is 1. The highest BCUT2D eigenvalue weighted by atomic mass is 32.2. The molecule has 0 aromatic carbocycles. The summed E-state index contributed by atoms with van der Waals surface area (Å²) in [6.45, 7) is 1.33. The Balaban J connectivity index is 2.87. The number of aliphatic hydroxyl groups is 2. The Morgan fingerprint density at radius 2 is 2.26 bits per heavy atom. The van der Waals surface area contributed by atoms with Crippen LogP contribution in [0.3, 0.4) is 0 Å². The predicted octanol–water partition coefficient (Wildman–Crippen LogP) is 0.246. The molecule has 0 aliphatic heterocycles. The third-order valence-electron chi connectivity index (χ3n) is 2.28. The minimum atomic E-state index is -1.38. The Kier molecular flexibility index (Phi) is 5.21. The maximum atomic E-state index is 10.7. The lowest BCUT2D eigenvalue weighted by molar-refractivity contribution is -0.384. The van der Waals surface area contributed by atoms with Crippen LogP contribution in [0.25, 0.3) is 0 Å². The first-order valence-corrected chi connectivity index (χ1v) is 6.20. The number of hydrogen-bond acceptors (Lipinski definition) is 8. The molecule has 2 unspecified atom stereocenters. The Labute approximate surface area is 112 Å². The van der Waals surface area contributed by atoms with E-state index in [0.717, 1.165) is 24.0 Å². The zero-order valence-electron chi connectivity index (χ0n) is 10.0. The molecule has 19 heavy (non-hydrogen) atoms. The largest absolute Gasteiger partial charge is 0.389 e. The van der Waals surface area contributed by atoms with Crippen molar-refractivity contribution in [1.82, 2.24) is 4.98 Å². The first kappa shape index (κ1) is 15.3. The van der Waals surface area contributed by atoms with E-state index >= 15 is 0 Å². The minimum Gasteiger partial charge on any atom is -0.389 e. The third kappa shape index (κ3) is 4.16. The number of carbonyl (C=O) groups is 1. The van der Waals surface area contributed by atoms with Crippen molar-refractivity contribution in [1.29, 1.82) is 0 Å². The zero-order chi connectivity index (χ0) is 14.6. The lowest BCUT2D eigenvalue weighted by atomic mass is 10.1. The number of nitrogen functional groups attached to an aromatic ring is 1. The van der Waals surface area contributed by atoms with Crippen LogP contribution in [0.1, 0.15) is 18.6 Å². The Morgan fingerprint density at radius 3 is 2.79 bits per heavy atom. The van der Waals surface area contributed by atoms with Crippen molar-refractivity contribution >= 4 is 28.4 Å². The van der Waals surface area contributed by atoms with Gasteiger partial charge in [-0.25, -0.2) is 4.98 Å². The number of carbonyl (C=O) groups excluding carboxylic acids is 1. The maximum Gasteiger partial charge on any atom is 0.311 e. The van der Waals surface area contributed by atoms with E-state index in [1.807, 2.05) is 0 Å².